The number of aromatic nitrogens is 3. The van der Waals surface area contributed by atoms with Crippen molar-refractivity contribution in [2.45, 2.75) is 37.9 Å². The Balaban J connectivity index is 1.54. The Morgan fingerprint density at radius 3 is 2.67 bits per heavy atom. The first-order valence-electron chi connectivity index (χ1n) is 9.37. The lowest BCUT2D eigenvalue weighted by Crippen LogP contribution is -2.34. The van der Waals surface area contributed by atoms with Crippen molar-refractivity contribution in [1.29, 1.82) is 0 Å². The topological polar surface area (TPSA) is 43.2 Å². The van der Waals surface area contributed by atoms with E-state index in [4.69, 9.17) is 16.3 Å². The van der Waals surface area contributed by atoms with E-state index in [0.29, 0.717) is 37.1 Å². The minimum absolute atomic E-state index is 0.379. The average Bonchev–Trinajstić information content (AvgIpc) is 3.17. The Morgan fingerprint density at radius 1 is 1.11 bits per heavy atom. The minimum Gasteiger partial charge on any atom is -0.381 e. The molecule has 0 bridgehead atoms. The maximum Gasteiger partial charge on any atom is 0.131 e. The molecule has 0 aromatic carbocycles. The quantitative estimate of drug-likeness (QED) is 0.582. The molecule has 4 rings (SSSR count). The van der Waals surface area contributed by atoms with Crippen LogP contribution in [0.15, 0.2) is 24.7 Å². The van der Waals surface area contributed by atoms with Crippen molar-refractivity contribution in [2.75, 3.05) is 31.2 Å². The van der Waals surface area contributed by atoms with Crippen LogP contribution in [0.25, 0.3) is 0 Å². The van der Waals surface area contributed by atoms with Gasteiger partial charge in [0.1, 0.15) is 11.3 Å². The van der Waals surface area contributed by atoms with Crippen molar-refractivity contribution in [3.8, 4) is 11.8 Å². The summed E-state index contributed by atoms with van der Waals surface area (Å²) in [5, 5.41) is 4.88. The fraction of sp³-hybridized carbons (Fsp3) is 0.500. The summed E-state index contributed by atoms with van der Waals surface area (Å²) >= 11 is 6.09. The third kappa shape index (κ3) is 4.42. The molecular weight excluding hydrogens is 367 g/mol. The predicted octanol–water partition coefficient (Wildman–Crippen LogP) is 3.62. The molecule has 2 aromatic heterocycles. The summed E-state index contributed by atoms with van der Waals surface area (Å²) in [6, 6.07) is 2.19. The van der Waals surface area contributed by atoms with Crippen LogP contribution in [0.1, 0.15) is 42.9 Å². The van der Waals surface area contributed by atoms with Gasteiger partial charge in [-0.2, -0.15) is 5.10 Å². The van der Waals surface area contributed by atoms with Crippen molar-refractivity contribution in [1.82, 2.24) is 14.8 Å². The van der Waals surface area contributed by atoms with Crippen LogP contribution >= 0.6 is 11.6 Å². The number of rotatable bonds is 2. The second-order valence-corrected chi connectivity index (χ2v) is 7.38. The molecule has 4 heterocycles. The number of ether oxygens (including phenoxy) is 1. The van der Waals surface area contributed by atoms with Gasteiger partial charge < -0.3 is 9.64 Å². The number of piperidine rings is 1. The van der Waals surface area contributed by atoms with Crippen LogP contribution in [-0.2, 0) is 4.74 Å². The van der Waals surface area contributed by atoms with Gasteiger partial charge in [-0.25, -0.2) is 9.37 Å². The fourth-order valence-corrected chi connectivity index (χ4v) is 3.71. The lowest BCUT2D eigenvalue weighted by Gasteiger charge is -2.31. The molecule has 0 atom stereocenters. The van der Waals surface area contributed by atoms with Crippen molar-refractivity contribution in [3.05, 3.63) is 40.9 Å². The van der Waals surface area contributed by atoms with Gasteiger partial charge in [-0.15, -0.1) is 0 Å². The Kier molecular flexibility index (Phi) is 5.61. The lowest BCUT2D eigenvalue weighted by atomic mass is 10.1. The molecule has 2 aliphatic heterocycles. The highest BCUT2D eigenvalue weighted by Crippen LogP contribution is 2.27. The third-order valence-electron chi connectivity index (χ3n) is 5.12. The molecule has 0 N–H and O–H groups in total. The van der Waals surface area contributed by atoms with E-state index in [1.54, 1.807) is 12.4 Å². The molecule has 7 heteroatoms. The highest BCUT2D eigenvalue weighted by atomic mass is 35.5. The molecule has 2 fully saturated rings. The summed E-state index contributed by atoms with van der Waals surface area (Å²) in [5.74, 6) is 6.38. The molecular formula is C20H22ClFN4O. The number of hydrogen-bond acceptors (Lipinski definition) is 4. The van der Waals surface area contributed by atoms with Gasteiger partial charge >= 0.3 is 0 Å². The molecule has 0 unspecified atom stereocenters. The van der Waals surface area contributed by atoms with E-state index in [2.05, 4.69) is 26.8 Å². The van der Waals surface area contributed by atoms with E-state index in [9.17, 15) is 4.39 Å². The maximum absolute atomic E-state index is 13.5. The van der Waals surface area contributed by atoms with Crippen LogP contribution in [0.2, 0.25) is 5.15 Å². The largest absolute Gasteiger partial charge is 0.381 e. The van der Waals surface area contributed by atoms with Crippen molar-refractivity contribution in [3.63, 3.8) is 0 Å². The van der Waals surface area contributed by atoms with E-state index in [0.717, 1.165) is 42.9 Å². The fourth-order valence-electron chi connectivity index (χ4n) is 3.56. The number of halogens is 2. The first-order valence-corrected chi connectivity index (χ1v) is 9.75. The van der Waals surface area contributed by atoms with Crippen LogP contribution in [0, 0.1) is 11.8 Å². The highest BCUT2D eigenvalue weighted by Gasteiger charge is 2.21. The summed E-state index contributed by atoms with van der Waals surface area (Å²) in [6.07, 6.45) is 7.77. The van der Waals surface area contributed by atoms with Gasteiger partial charge in [0.05, 0.1) is 29.1 Å². The van der Waals surface area contributed by atoms with Crippen LogP contribution in [0.4, 0.5) is 10.1 Å². The predicted molar refractivity (Wildman–Crippen MR) is 103 cm³/mol. The second-order valence-electron chi connectivity index (χ2n) is 6.99. The monoisotopic (exact) mass is 388 g/mol. The summed E-state index contributed by atoms with van der Waals surface area (Å²) in [4.78, 5) is 6.31. The zero-order valence-corrected chi connectivity index (χ0v) is 15.8. The summed E-state index contributed by atoms with van der Waals surface area (Å²) < 4.78 is 20.9. The Morgan fingerprint density at radius 2 is 1.89 bits per heavy atom. The Labute approximate surface area is 163 Å². The minimum atomic E-state index is -0.718. The van der Waals surface area contributed by atoms with E-state index >= 15 is 0 Å². The van der Waals surface area contributed by atoms with Gasteiger partial charge in [-0.3, -0.25) is 4.68 Å². The van der Waals surface area contributed by atoms with E-state index in [1.165, 1.54) is 0 Å². The van der Waals surface area contributed by atoms with Crippen LogP contribution < -0.4 is 4.90 Å². The van der Waals surface area contributed by atoms with Gasteiger partial charge in [-0.1, -0.05) is 23.4 Å². The standard InChI is InChI=1S/C20H22ClFN4O/c21-20-11-19(25-7-3-17(22)4-8-25)16(13-23-20)2-1-15-12-24-26(14-15)18-5-9-27-10-6-18/h11-14,17-18H,3-10H2. The molecule has 2 aromatic rings. The number of pyridine rings is 1. The first-order chi connectivity index (χ1) is 13.2. The molecule has 2 saturated heterocycles. The van der Waals surface area contributed by atoms with Crippen LogP contribution in [0.3, 0.4) is 0 Å². The van der Waals surface area contributed by atoms with Gasteiger partial charge in [0.25, 0.3) is 0 Å². The van der Waals surface area contributed by atoms with Gasteiger partial charge in [0.2, 0.25) is 0 Å². The number of nitrogens with zero attached hydrogens (tertiary/aromatic N) is 4. The molecule has 5 nitrogen and oxygen atoms in total. The average molecular weight is 389 g/mol. The van der Waals surface area contributed by atoms with Crippen LogP contribution in [-0.4, -0.2) is 47.2 Å². The SMILES string of the molecule is FC1CCN(c2cc(Cl)ncc2C#Cc2cnn(C3CCOCC3)c2)CC1. The van der Waals surface area contributed by atoms with Gasteiger partial charge in [0.15, 0.2) is 0 Å². The van der Waals surface area contributed by atoms with E-state index in [1.807, 2.05) is 16.9 Å². The molecule has 27 heavy (non-hydrogen) atoms. The van der Waals surface area contributed by atoms with E-state index < -0.39 is 6.17 Å². The van der Waals surface area contributed by atoms with Crippen molar-refractivity contribution < 1.29 is 9.13 Å². The van der Waals surface area contributed by atoms with E-state index in [-0.39, 0.29) is 0 Å². The normalized spacial score (nSPS) is 19.0. The number of anilines is 1. The zero-order valence-electron chi connectivity index (χ0n) is 15.1. The third-order valence-corrected chi connectivity index (χ3v) is 5.33. The second kappa shape index (κ2) is 8.28. The molecule has 2 aliphatic rings. The summed E-state index contributed by atoms with van der Waals surface area (Å²) in [6.45, 7) is 2.89. The Bertz CT molecular complexity index is 845. The first kappa shape index (κ1) is 18.3. The zero-order chi connectivity index (χ0) is 18.6. The smallest absolute Gasteiger partial charge is 0.131 e. The number of hydrogen-bond donors (Lipinski definition) is 0. The van der Waals surface area contributed by atoms with Crippen molar-refractivity contribution >= 4 is 17.3 Å². The molecule has 0 amide bonds. The number of alkyl halides is 1. The molecule has 142 valence electrons. The lowest BCUT2D eigenvalue weighted by molar-refractivity contribution is 0.0662. The molecule has 0 saturated carbocycles. The Hall–Kier alpha value is -2.10. The molecule has 0 spiro atoms. The summed E-state index contributed by atoms with van der Waals surface area (Å²) in [7, 11) is 0. The highest BCUT2D eigenvalue weighted by molar-refractivity contribution is 6.29. The maximum atomic E-state index is 13.5. The van der Waals surface area contributed by atoms with Crippen molar-refractivity contribution in [2.24, 2.45) is 0 Å². The summed E-state index contributed by atoms with van der Waals surface area (Å²) in [5.41, 5.74) is 2.59. The molecule has 0 radical (unpaired) electrons. The van der Waals surface area contributed by atoms with Crippen LogP contribution in [0.5, 0.6) is 0 Å². The van der Waals surface area contributed by atoms with Gasteiger partial charge in [0, 0.05) is 44.8 Å². The van der Waals surface area contributed by atoms with Gasteiger partial charge in [-0.05, 0) is 25.7 Å². The molecule has 0 aliphatic carbocycles.